The van der Waals surface area contributed by atoms with Crippen LogP contribution < -0.4 is 9.47 Å². The fourth-order valence-corrected chi connectivity index (χ4v) is 8.56. The smallest absolute Gasteiger partial charge is 0.177 e. The SMILES string of the molecule is CC1(C)c2ccccc2-c2cc3c(cc21)Oc1c(cccc1-c1cccc(-c2nc(-c4ccccc4)nc(-c4ccc(-c5ccccc5)c5ccccc45)n2)c1)O3. The Balaban J connectivity index is 1.01. The van der Waals surface area contributed by atoms with Crippen molar-refractivity contribution < 1.29 is 9.47 Å². The Kier molecular flexibility index (Phi) is 7.45. The van der Waals surface area contributed by atoms with Gasteiger partial charge in [-0.25, -0.2) is 15.0 Å². The summed E-state index contributed by atoms with van der Waals surface area (Å²) in [5.74, 6) is 4.60. The van der Waals surface area contributed by atoms with Crippen LogP contribution in [-0.2, 0) is 5.41 Å². The molecular formula is C52H35N3O2. The van der Waals surface area contributed by atoms with Gasteiger partial charge in [0.25, 0.3) is 0 Å². The van der Waals surface area contributed by atoms with Gasteiger partial charge < -0.3 is 9.47 Å². The summed E-state index contributed by atoms with van der Waals surface area (Å²) in [6.45, 7) is 4.55. The van der Waals surface area contributed by atoms with Gasteiger partial charge in [-0.3, -0.25) is 0 Å². The summed E-state index contributed by atoms with van der Waals surface area (Å²) in [5, 5.41) is 2.22. The first-order valence-corrected chi connectivity index (χ1v) is 19.3. The lowest BCUT2D eigenvalue weighted by Gasteiger charge is -2.26. The average molecular weight is 734 g/mol. The molecule has 0 N–H and O–H groups in total. The van der Waals surface area contributed by atoms with E-state index in [1.165, 1.54) is 27.8 Å². The molecule has 0 bridgehead atoms. The first kappa shape index (κ1) is 33.0. The third-order valence-electron chi connectivity index (χ3n) is 11.4. The molecule has 5 heteroatoms. The molecule has 1 aliphatic carbocycles. The number of aromatic nitrogens is 3. The highest BCUT2D eigenvalue weighted by atomic mass is 16.6. The molecule has 0 fully saturated rings. The zero-order chi connectivity index (χ0) is 38.1. The van der Waals surface area contributed by atoms with E-state index >= 15 is 0 Å². The van der Waals surface area contributed by atoms with E-state index in [1.807, 2.05) is 54.6 Å². The van der Waals surface area contributed by atoms with Gasteiger partial charge in [0.2, 0.25) is 0 Å². The first-order valence-electron chi connectivity index (χ1n) is 19.3. The number of ether oxygens (including phenoxy) is 2. The Hall–Kier alpha value is -7.37. The maximum Gasteiger partial charge on any atom is 0.177 e. The molecule has 270 valence electrons. The monoisotopic (exact) mass is 733 g/mol. The summed E-state index contributed by atoms with van der Waals surface area (Å²) in [6.07, 6.45) is 0. The minimum absolute atomic E-state index is 0.156. The summed E-state index contributed by atoms with van der Waals surface area (Å²) in [4.78, 5) is 15.4. The maximum absolute atomic E-state index is 6.80. The van der Waals surface area contributed by atoms with Crippen molar-refractivity contribution in [2.45, 2.75) is 19.3 Å². The van der Waals surface area contributed by atoms with Gasteiger partial charge in [0, 0.05) is 27.7 Å². The molecule has 5 nitrogen and oxygen atoms in total. The van der Waals surface area contributed by atoms with E-state index < -0.39 is 0 Å². The summed E-state index contributed by atoms with van der Waals surface area (Å²) < 4.78 is 13.4. The summed E-state index contributed by atoms with van der Waals surface area (Å²) in [5.41, 5.74) is 11.8. The van der Waals surface area contributed by atoms with Crippen LogP contribution in [0.15, 0.2) is 176 Å². The standard InChI is InChI=1S/C52H35N3O2/c1-52(2)43-25-12-11-23-40(43)42-30-46-47(31-44(42)52)57-48-37(24-14-26-45(48)56-46)34-19-13-20-35(29-34)50-53-49(33-17-7-4-8-18-33)54-51(55-50)41-28-27-36(32-15-5-3-6-16-32)38-21-9-10-22-39(38)41/h3-31H,1-2H3. The zero-order valence-electron chi connectivity index (χ0n) is 31.4. The molecule has 1 aliphatic heterocycles. The van der Waals surface area contributed by atoms with E-state index in [2.05, 4.69) is 135 Å². The molecule has 0 spiro atoms. The van der Waals surface area contributed by atoms with E-state index in [1.54, 1.807) is 0 Å². The van der Waals surface area contributed by atoms with E-state index in [-0.39, 0.29) is 5.41 Å². The quantitative estimate of drug-likeness (QED) is 0.176. The predicted octanol–water partition coefficient (Wildman–Crippen LogP) is 13.6. The molecule has 9 aromatic rings. The van der Waals surface area contributed by atoms with Gasteiger partial charge in [-0.05, 0) is 80.0 Å². The number of nitrogens with zero attached hydrogens (tertiary/aromatic N) is 3. The van der Waals surface area contributed by atoms with Crippen LogP contribution in [0.2, 0.25) is 0 Å². The van der Waals surface area contributed by atoms with Crippen molar-refractivity contribution in [2.75, 3.05) is 0 Å². The van der Waals surface area contributed by atoms with Crippen molar-refractivity contribution in [3.8, 4) is 90.5 Å². The van der Waals surface area contributed by atoms with Gasteiger partial charge in [-0.2, -0.15) is 0 Å². The van der Waals surface area contributed by atoms with Crippen molar-refractivity contribution in [2.24, 2.45) is 0 Å². The Morgan fingerprint density at radius 3 is 1.74 bits per heavy atom. The molecule has 8 aromatic carbocycles. The average Bonchev–Trinajstić information content (AvgIpc) is 3.49. The number of rotatable bonds is 5. The highest BCUT2D eigenvalue weighted by Crippen LogP contribution is 2.56. The molecule has 0 atom stereocenters. The normalized spacial score (nSPS) is 13.2. The largest absolute Gasteiger partial charge is 0.449 e. The first-order chi connectivity index (χ1) is 28.0. The Labute approximate surface area is 330 Å². The van der Waals surface area contributed by atoms with Gasteiger partial charge in [-0.1, -0.05) is 159 Å². The number of para-hydroxylation sites is 1. The van der Waals surface area contributed by atoms with Gasteiger partial charge in [0.05, 0.1) is 0 Å². The van der Waals surface area contributed by atoms with E-state index in [0.717, 1.165) is 49.9 Å². The van der Waals surface area contributed by atoms with Crippen LogP contribution >= 0.6 is 0 Å². The summed E-state index contributed by atoms with van der Waals surface area (Å²) in [6, 6.07) is 60.7. The molecule has 2 heterocycles. The molecule has 57 heavy (non-hydrogen) atoms. The minimum atomic E-state index is -0.156. The third-order valence-corrected chi connectivity index (χ3v) is 11.4. The van der Waals surface area contributed by atoms with Gasteiger partial charge in [0.1, 0.15) is 0 Å². The van der Waals surface area contributed by atoms with Crippen LogP contribution in [0.1, 0.15) is 25.0 Å². The number of hydrogen-bond acceptors (Lipinski definition) is 5. The molecule has 0 saturated heterocycles. The topological polar surface area (TPSA) is 57.1 Å². The fraction of sp³-hybridized carbons (Fsp3) is 0.0577. The Bertz CT molecular complexity index is 3050. The zero-order valence-corrected chi connectivity index (χ0v) is 31.4. The molecule has 0 saturated carbocycles. The fourth-order valence-electron chi connectivity index (χ4n) is 8.56. The third kappa shape index (κ3) is 5.42. The second kappa shape index (κ2) is 12.9. The number of fused-ring (bicyclic) bond motifs is 6. The van der Waals surface area contributed by atoms with E-state index in [4.69, 9.17) is 24.4 Å². The molecule has 0 amide bonds. The molecule has 0 radical (unpaired) electrons. The highest BCUT2D eigenvalue weighted by Gasteiger charge is 2.37. The molecule has 0 unspecified atom stereocenters. The van der Waals surface area contributed by atoms with Crippen molar-refractivity contribution in [3.63, 3.8) is 0 Å². The van der Waals surface area contributed by atoms with Gasteiger partial charge in [-0.15, -0.1) is 0 Å². The summed E-state index contributed by atoms with van der Waals surface area (Å²) >= 11 is 0. The van der Waals surface area contributed by atoms with Crippen molar-refractivity contribution in [1.82, 2.24) is 15.0 Å². The number of hydrogen-bond donors (Lipinski definition) is 0. The van der Waals surface area contributed by atoms with Crippen LogP contribution in [0.4, 0.5) is 0 Å². The summed E-state index contributed by atoms with van der Waals surface area (Å²) in [7, 11) is 0. The van der Waals surface area contributed by atoms with Crippen molar-refractivity contribution in [3.05, 3.63) is 187 Å². The minimum Gasteiger partial charge on any atom is -0.449 e. The van der Waals surface area contributed by atoms with Crippen LogP contribution in [0.3, 0.4) is 0 Å². The van der Waals surface area contributed by atoms with Crippen LogP contribution in [0.5, 0.6) is 23.0 Å². The molecule has 1 aromatic heterocycles. The lowest BCUT2D eigenvalue weighted by molar-refractivity contribution is 0.360. The van der Waals surface area contributed by atoms with Crippen LogP contribution in [0.25, 0.3) is 78.3 Å². The lowest BCUT2D eigenvalue weighted by Crippen LogP contribution is -2.15. The van der Waals surface area contributed by atoms with E-state index in [0.29, 0.717) is 34.7 Å². The Morgan fingerprint density at radius 1 is 0.351 bits per heavy atom. The number of benzene rings is 8. The predicted molar refractivity (Wildman–Crippen MR) is 229 cm³/mol. The van der Waals surface area contributed by atoms with Crippen LogP contribution in [-0.4, -0.2) is 15.0 Å². The Morgan fingerprint density at radius 2 is 0.930 bits per heavy atom. The van der Waals surface area contributed by atoms with Crippen molar-refractivity contribution in [1.29, 1.82) is 0 Å². The second-order valence-corrected chi connectivity index (χ2v) is 15.2. The van der Waals surface area contributed by atoms with Crippen molar-refractivity contribution >= 4 is 10.8 Å². The van der Waals surface area contributed by atoms with Gasteiger partial charge >= 0.3 is 0 Å². The van der Waals surface area contributed by atoms with Crippen LogP contribution in [0, 0.1) is 0 Å². The van der Waals surface area contributed by atoms with Gasteiger partial charge in [0.15, 0.2) is 40.5 Å². The lowest BCUT2D eigenvalue weighted by atomic mass is 9.82. The molecule has 2 aliphatic rings. The molecular weight excluding hydrogens is 699 g/mol. The highest BCUT2D eigenvalue weighted by molar-refractivity contribution is 6.04. The molecule has 11 rings (SSSR count). The van der Waals surface area contributed by atoms with E-state index in [9.17, 15) is 0 Å². The second-order valence-electron chi connectivity index (χ2n) is 15.2. The maximum atomic E-state index is 6.80.